The van der Waals surface area contributed by atoms with E-state index >= 15 is 0 Å². The summed E-state index contributed by atoms with van der Waals surface area (Å²) < 4.78 is 18.8. The summed E-state index contributed by atoms with van der Waals surface area (Å²) in [6.07, 6.45) is 0.00900. The van der Waals surface area contributed by atoms with E-state index in [0.29, 0.717) is 5.75 Å². The molecule has 96 valence electrons. The van der Waals surface area contributed by atoms with Gasteiger partial charge in [0, 0.05) is 18.2 Å². The lowest BCUT2D eigenvalue weighted by Crippen LogP contribution is -2.41. The number of rotatable bonds is 4. The Morgan fingerprint density at radius 1 is 1.35 bits per heavy atom. The molecule has 0 saturated carbocycles. The van der Waals surface area contributed by atoms with Crippen molar-refractivity contribution in [3.05, 3.63) is 29.6 Å². The van der Waals surface area contributed by atoms with E-state index in [1.54, 1.807) is 6.07 Å². The van der Waals surface area contributed by atoms with Crippen LogP contribution in [-0.4, -0.2) is 18.2 Å². The summed E-state index contributed by atoms with van der Waals surface area (Å²) >= 11 is 0. The van der Waals surface area contributed by atoms with Gasteiger partial charge in [-0.1, -0.05) is 6.07 Å². The van der Waals surface area contributed by atoms with Gasteiger partial charge in [-0.25, -0.2) is 4.39 Å². The van der Waals surface area contributed by atoms with E-state index in [9.17, 15) is 4.39 Å². The summed E-state index contributed by atoms with van der Waals surface area (Å²) in [7, 11) is 0. The van der Waals surface area contributed by atoms with Gasteiger partial charge in [0.15, 0.2) is 0 Å². The highest BCUT2D eigenvalue weighted by atomic mass is 19.1. The first-order chi connectivity index (χ1) is 7.78. The van der Waals surface area contributed by atoms with Gasteiger partial charge in [-0.3, -0.25) is 0 Å². The van der Waals surface area contributed by atoms with E-state index in [4.69, 9.17) is 4.74 Å². The quantitative estimate of drug-likeness (QED) is 0.870. The lowest BCUT2D eigenvalue weighted by molar-refractivity contribution is 0.201. The minimum absolute atomic E-state index is 0.00900. The van der Waals surface area contributed by atoms with Gasteiger partial charge >= 0.3 is 0 Å². The maximum atomic E-state index is 13.1. The van der Waals surface area contributed by atoms with Crippen molar-refractivity contribution in [3.8, 4) is 5.75 Å². The van der Waals surface area contributed by atoms with Crippen LogP contribution < -0.4 is 10.1 Å². The average molecular weight is 239 g/mol. The van der Waals surface area contributed by atoms with Gasteiger partial charge in [0.25, 0.3) is 0 Å². The Morgan fingerprint density at radius 3 is 2.59 bits per heavy atom. The molecule has 0 fully saturated rings. The molecule has 0 aromatic heterocycles. The second kappa shape index (κ2) is 5.50. The summed E-state index contributed by atoms with van der Waals surface area (Å²) in [5.41, 5.74) is 1.02. The van der Waals surface area contributed by atoms with Gasteiger partial charge in [-0.05, 0) is 46.2 Å². The van der Waals surface area contributed by atoms with E-state index in [1.165, 1.54) is 12.1 Å². The van der Waals surface area contributed by atoms with Crippen molar-refractivity contribution in [1.82, 2.24) is 5.32 Å². The van der Waals surface area contributed by atoms with E-state index < -0.39 is 0 Å². The summed E-state index contributed by atoms with van der Waals surface area (Å²) in [6, 6.07) is 4.61. The molecule has 0 spiro atoms. The molecule has 0 heterocycles. The second-order valence-corrected chi connectivity index (χ2v) is 5.47. The molecule has 1 atom stereocenters. The Kier molecular flexibility index (Phi) is 4.52. The van der Waals surface area contributed by atoms with Crippen LogP contribution >= 0.6 is 0 Å². The number of benzene rings is 1. The van der Waals surface area contributed by atoms with Crippen molar-refractivity contribution in [1.29, 1.82) is 0 Å². The molecule has 1 aromatic carbocycles. The Labute approximate surface area is 103 Å². The van der Waals surface area contributed by atoms with Crippen LogP contribution in [0.2, 0.25) is 0 Å². The fourth-order valence-electron chi connectivity index (χ4n) is 1.41. The number of nitrogens with one attached hydrogen (secondary N) is 1. The predicted octanol–water partition coefficient (Wildman–Crippen LogP) is 3.29. The molecule has 0 radical (unpaired) electrons. The zero-order chi connectivity index (χ0) is 13.1. The minimum Gasteiger partial charge on any atom is -0.489 e. The van der Waals surface area contributed by atoms with E-state index in [1.807, 2.05) is 13.8 Å². The normalized spacial score (nSPS) is 13.5. The number of aryl methyl sites for hydroxylation is 1. The monoisotopic (exact) mass is 239 g/mol. The molecule has 0 aliphatic rings. The van der Waals surface area contributed by atoms with Crippen molar-refractivity contribution in [2.75, 3.05) is 6.54 Å². The maximum absolute atomic E-state index is 13.1. The molecule has 17 heavy (non-hydrogen) atoms. The van der Waals surface area contributed by atoms with Crippen molar-refractivity contribution < 1.29 is 9.13 Å². The van der Waals surface area contributed by atoms with Gasteiger partial charge in [0.05, 0.1) is 0 Å². The summed E-state index contributed by atoms with van der Waals surface area (Å²) in [6.45, 7) is 10.9. The molecule has 0 saturated heterocycles. The van der Waals surface area contributed by atoms with E-state index in [2.05, 4.69) is 26.1 Å². The minimum atomic E-state index is -0.262. The van der Waals surface area contributed by atoms with Crippen LogP contribution in [0.5, 0.6) is 5.75 Å². The van der Waals surface area contributed by atoms with Crippen LogP contribution in [0.3, 0.4) is 0 Å². The highest BCUT2D eigenvalue weighted by Crippen LogP contribution is 2.20. The third kappa shape index (κ3) is 5.18. The zero-order valence-corrected chi connectivity index (χ0v) is 11.3. The fourth-order valence-corrected chi connectivity index (χ4v) is 1.41. The maximum Gasteiger partial charge on any atom is 0.126 e. The molecule has 3 heteroatoms. The van der Waals surface area contributed by atoms with Crippen LogP contribution in [-0.2, 0) is 0 Å². The molecular weight excluding hydrogens is 217 g/mol. The summed E-state index contributed by atoms with van der Waals surface area (Å²) in [5, 5.41) is 3.36. The largest absolute Gasteiger partial charge is 0.489 e. The van der Waals surface area contributed by atoms with Crippen molar-refractivity contribution >= 4 is 0 Å². The Hall–Kier alpha value is -1.09. The second-order valence-electron chi connectivity index (χ2n) is 5.47. The molecule has 0 aliphatic heterocycles. The number of hydrogen-bond acceptors (Lipinski definition) is 2. The molecule has 0 aliphatic carbocycles. The number of hydrogen-bond donors (Lipinski definition) is 1. The van der Waals surface area contributed by atoms with Crippen LogP contribution in [0, 0.1) is 12.7 Å². The highest BCUT2D eigenvalue weighted by molar-refractivity contribution is 5.32. The third-order valence-electron chi connectivity index (χ3n) is 2.40. The van der Waals surface area contributed by atoms with Crippen LogP contribution in [0.4, 0.5) is 4.39 Å². The van der Waals surface area contributed by atoms with E-state index in [-0.39, 0.29) is 17.5 Å². The molecule has 1 unspecified atom stereocenters. The van der Waals surface area contributed by atoms with Gasteiger partial charge in [0.1, 0.15) is 17.7 Å². The zero-order valence-electron chi connectivity index (χ0n) is 11.3. The number of ether oxygens (including phenoxy) is 1. The first-order valence-corrected chi connectivity index (χ1v) is 5.96. The van der Waals surface area contributed by atoms with E-state index in [0.717, 1.165) is 12.1 Å². The smallest absolute Gasteiger partial charge is 0.126 e. The van der Waals surface area contributed by atoms with Gasteiger partial charge < -0.3 is 10.1 Å². The lowest BCUT2D eigenvalue weighted by Gasteiger charge is -2.24. The first-order valence-electron chi connectivity index (χ1n) is 5.96. The lowest BCUT2D eigenvalue weighted by atomic mass is 10.1. The summed E-state index contributed by atoms with van der Waals surface area (Å²) in [4.78, 5) is 0. The van der Waals surface area contributed by atoms with Gasteiger partial charge in [0.2, 0.25) is 0 Å². The molecule has 0 bridgehead atoms. The fraction of sp³-hybridized carbons (Fsp3) is 0.571. The average Bonchev–Trinajstić information content (AvgIpc) is 2.20. The summed E-state index contributed by atoms with van der Waals surface area (Å²) in [5.74, 6) is 0.356. The van der Waals surface area contributed by atoms with Gasteiger partial charge in [-0.2, -0.15) is 0 Å². The Balaban J connectivity index is 2.56. The van der Waals surface area contributed by atoms with Crippen molar-refractivity contribution in [2.45, 2.75) is 46.3 Å². The van der Waals surface area contributed by atoms with Crippen LogP contribution in [0.15, 0.2) is 18.2 Å². The Morgan fingerprint density at radius 2 is 2.00 bits per heavy atom. The molecule has 1 rings (SSSR count). The third-order valence-corrected chi connectivity index (χ3v) is 2.40. The predicted molar refractivity (Wildman–Crippen MR) is 69.0 cm³/mol. The molecule has 1 aromatic rings. The highest BCUT2D eigenvalue weighted by Gasteiger charge is 2.12. The molecule has 0 amide bonds. The molecule has 2 nitrogen and oxygen atoms in total. The first kappa shape index (κ1) is 14.0. The standard InChI is InChI=1S/C14H22FNO/c1-10-6-7-12(15)8-13(10)17-11(2)9-16-14(3,4)5/h6-8,11,16H,9H2,1-5H3. The molecule has 1 N–H and O–H groups in total. The Bertz CT molecular complexity index is 371. The van der Waals surface area contributed by atoms with Gasteiger partial charge in [-0.15, -0.1) is 0 Å². The number of halogens is 1. The van der Waals surface area contributed by atoms with Crippen LogP contribution in [0.25, 0.3) is 0 Å². The van der Waals surface area contributed by atoms with Crippen molar-refractivity contribution in [2.24, 2.45) is 0 Å². The van der Waals surface area contributed by atoms with Crippen molar-refractivity contribution in [3.63, 3.8) is 0 Å². The topological polar surface area (TPSA) is 21.3 Å². The van der Waals surface area contributed by atoms with Crippen LogP contribution in [0.1, 0.15) is 33.3 Å². The molecular formula is C14H22FNO. The SMILES string of the molecule is Cc1ccc(F)cc1OC(C)CNC(C)(C)C.